The molecule has 8 nitrogen and oxygen atoms in total. The molecule has 0 fully saturated rings. The molecule has 0 aliphatic rings. The second kappa shape index (κ2) is 16.3. The van der Waals surface area contributed by atoms with Gasteiger partial charge < -0.3 is 18.9 Å². The lowest BCUT2D eigenvalue weighted by atomic mass is 10.0. The fraction of sp³-hybridized carbons (Fsp3) is 0.0909. The van der Waals surface area contributed by atoms with E-state index in [2.05, 4.69) is 0 Å². The molecule has 0 aliphatic carbocycles. The minimum absolute atomic E-state index is 0.0834. The van der Waals surface area contributed by atoms with E-state index in [1.54, 1.807) is 67.8 Å². The molecule has 8 heteroatoms. The van der Waals surface area contributed by atoms with Crippen molar-refractivity contribution in [3.05, 3.63) is 190 Å². The van der Waals surface area contributed by atoms with Crippen LogP contribution in [0.4, 0.5) is 0 Å². The summed E-state index contributed by atoms with van der Waals surface area (Å²) in [4.78, 5) is 50.0. The van der Waals surface area contributed by atoms with Crippen LogP contribution in [-0.4, -0.2) is 30.8 Å². The summed E-state index contributed by atoms with van der Waals surface area (Å²) >= 11 is 0. The standard InChI is InChI=1S/C44H34O8/c1-29(45)33-13-15-36(16-14-33)44(48)52-41-6-4-3-5-37(41)28-32-11-25-40(26-12-32)51-43(47)35-19-17-34(18-20-35)42(46)50-39-23-9-31(10-24-39)27-30-7-21-38(49-2)22-8-30/h3-26H,27-28H2,1-2H3. The van der Waals surface area contributed by atoms with Crippen molar-refractivity contribution in [1.29, 1.82) is 0 Å². The average molecular weight is 691 g/mol. The molecule has 0 aromatic heterocycles. The number of hydrogen-bond donors (Lipinski definition) is 0. The normalized spacial score (nSPS) is 10.6. The van der Waals surface area contributed by atoms with Gasteiger partial charge in [0.15, 0.2) is 5.78 Å². The molecule has 0 spiro atoms. The summed E-state index contributed by atoms with van der Waals surface area (Å²) < 4.78 is 22.0. The predicted octanol–water partition coefficient (Wildman–Crippen LogP) is 8.74. The lowest BCUT2D eigenvalue weighted by molar-refractivity contribution is 0.0720. The van der Waals surface area contributed by atoms with Crippen LogP contribution in [0.15, 0.2) is 146 Å². The number of carbonyl (C=O) groups is 4. The number of hydrogen-bond acceptors (Lipinski definition) is 8. The molecule has 6 aromatic rings. The molecule has 6 rings (SSSR count). The second-order valence-electron chi connectivity index (χ2n) is 12.0. The first-order valence-corrected chi connectivity index (χ1v) is 16.5. The van der Waals surface area contributed by atoms with Crippen LogP contribution in [0.5, 0.6) is 23.0 Å². The van der Waals surface area contributed by atoms with Crippen molar-refractivity contribution in [3.8, 4) is 23.0 Å². The Morgan fingerprint density at radius 3 is 1.25 bits per heavy atom. The number of ether oxygens (including phenoxy) is 4. The van der Waals surface area contributed by atoms with Crippen LogP contribution in [0.3, 0.4) is 0 Å². The van der Waals surface area contributed by atoms with Crippen LogP contribution in [0.25, 0.3) is 0 Å². The molecular weight excluding hydrogens is 656 g/mol. The summed E-state index contributed by atoms with van der Waals surface area (Å²) in [6, 6.07) is 41.8. The zero-order valence-electron chi connectivity index (χ0n) is 28.5. The van der Waals surface area contributed by atoms with Crippen molar-refractivity contribution in [3.63, 3.8) is 0 Å². The van der Waals surface area contributed by atoms with Crippen molar-refractivity contribution >= 4 is 23.7 Å². The first kappa shape index (κ1) is 35.0. The van der Waals surface area contributed by atoms with Crippen LogP contribution in [0.1, 0.15) is 70.6 Å². The van der Waals surface area contributed by atoms with Crippen LogP contribution < -0.4 is 18.9 Å². The molecule has 0 radical (unpaired) electrons. The molecule has 52 heavy (non-hydrogen) atoms. The van der Waals surface area contributed by atoms with E-state index in [0.717, 1.165) is 34.4 Å². The summed E-state index contributed by atoms with van der Waals surface area (Å²) in [5, 5.41) is 0. The predicted molar refractivity (Wildman–Crippen MR) is 196 cm³/mol. The largest absolute Gasteiger partial charge is 0.497 e. The van der Waals surface area contributed by atoms with Gasteiger partial charge in [-0.2, -0.15) is 0 Å². The van der Waals surface area contributed by atoms with Crippen LogP contribution in [-0.2, 0) is 12.8 Å². The number of para-hydroxylation sites is 1. The van der Waals surface area contributed by atoms with Crippen molar-refractivity contribution < 1.29 is 38.1 Å². The summed E-state index contributed by atoms with van der Waals surface area (Å²) in [7, 11) is 1.63. The molecular formula is C44H34O8. The molecule has 0 saturated heterocycles. The second-order valence-corrected chi connectivity index (χ2v) is 12.0. The smallest absolute Gasteiger partial charge is 0.343 e. The number of methoxy groups -OCH3 is 1. The fourth-order valence-electron chi connectivity index (χ4n) is 5.37. The minimum Gasteiger partial charge on any atom is -0.497 e. The van der Waals surface area contributed by atoms with Crippen molar-refractivity contribution in [2.45, 2.75) is 19.8 Å². The minimum atomic E-state index is -0.575. The summed E-state index contributed by atoms with van der Waals surface area (Å²) in [6.45, 7) is 1.47. The topological polar surface area (TPSA) is 105 Å². The zero-order chi connectivity index (χ0) is 36.5. The van der Waals surface area contributed by atoms with E-state index in [0.29, 0.717) is 40.4 Å². The molecule has 0 N–H and O–H groups in total. The molecule has 0 heterocycles. The van der Waals surface area contributed by atoms with E-state index in [1.807, 2.05) is 60.7 Å². The number of carbonyl (C=O) groups excluding carboxylic acids is 4. The third-order valence-electron chi connectivity index (χ3n) is 8.29. The van der Waals surface area contributed by atoms with Gasteiger partial charge in [0.25, 0.3) is 0 Å². The van der Waals surface area contributed by atoms with Crippen LogP contribution in [0, 0.1) is 0 Å². The van der Waals surface area contributed by atoms with Gasteiger partial charge in [0, 0.05) is 12.0 Å². The molecule has 0 unspecified atom stereocenters. The highest BCUT2D eigenvalue weighted by Crippen LogP contribution is 2.25. The summed E-state index contributed by atoms with van der Waals surface area (Å²) in [6.07, 6.45) is 1.20. The van der Waals surface area contributed by atoms with Gasteiger partial charge in [0.05, 0.1) is 23.8 Å². The lowest BCUT2D eigenvalue weighted by Crippen LogP contribution is -2.11. The molecule has 0 aliphatic heterocycles. The highest BCUT2D eigenvalue weighted by Gasteiger charge is 2.15. The number of ketones is 1. The lowest BCUT2D eigenvalue weighted by Gasteiger charge is -2.11. The van der Waals surface area contributed by atoms with Crippen LogP contribution in [0.2, 0.25) is 0 Å². The molecule has 0 amide bonds. The van der Waals surface area contributed by atoms with E-state index in [4.69, 9.17) is 18.9 Å². The van der Waals surface area contributed by atoms with E-state index >= 15 is 0 Å². The molecule has 258 valence electrons. The molecule has 0 saturated carbocycles. The zero-order valence-corrected chi connectivity index (χ0v) is 28.5. The molecule has 0 atom stereocenters. The van der Waals surface area contributed by atoms with E-state index < -0.39 is 17.9 Å². The third kappa shape index (κ3) is 9.05. The van der Waals surface area contributed by atoms with Gasteiger partial charge in [-0.15, -0.1) is 0 Å². The number of esters is 3. The average Bonchev–Trinajstić information content (AvgIpc) is 3.17. The number of Topliss-reactive ketones (excluding diaryl/α,β-unsaturated/α-hetero) is 1. The summed E-state index contributed by atoms with van der Waals surface area (Å²) in [5.74, 6) is 0.258. The fourth-order valence-corrected chi connectivity index (χ4v) is 5.37. The Bertz CT molecular complexity index is 2190. The van der Waals surface area contributed by atoms with Gasteiger partial charge >= 0.3 is 17.9 Å². The maximum atomic E-state index is 12.9. The number of benzene rings is 6. The molecule has 6 aromatic carbocycles. The van der Waals surface area contributed by atoms with Crippen molar-refractivity contribution in [2.24, 2.45) is 0 Å². The van der Waals surface area contributed by atoms with Gasteiger partial charge in [-0.25, -0.2) is 14.4 Å². The monoisotopic (exact) mass is 690 g/mol. The van der Waals surface area contributed by atoms with Gasteiger partial charge in [-0.1, -0.05) is 66.7 Å². The Morgan fingerprint density at radius 2 is 0.808 bits per heavy atom. The Kier molecular flexibility index (Phi) is 11.0. The molecule has 0 bridgehead atoms. The first-order valence-electron chi connectivity index (χ1n) is 16.5. The Morgan fingerprint density at radius 1 is 0.423 bits per heavy atom. The maximum absolute atomic E-state index is 12.9. The van der Waals surface area contributed by atoms with Gasteiger partial charge in [-0.05, 0) is 114 Å². The Hall–Kier alpha value is -6.80. The van der Waals surface area contributed by atoms with E-state index in [-0.39, 0.29) is 11.3 Å². The van der Waals surface area contributed by atoms with Gasteiger partial charge in [-0.3, -0.25) is 4.79 Å². The van der Waals surface area contributed by atoms with Gasteiger partial charge in [0.1, 0.15) is 23.0 Å². The van der Waals surface area contributed by atoms with Crippen LogP contribution >= 0.6 is 0 Å². The number of rotatable bonds is 12. The highest BCUT2D eigenvalue weighted by atomic mass is 16.5. The maximum Gasteiger partial charge on any atom is 0.343 e. The first-order chi connectivity index (χ1) is 25.2. The van der Waals surface area contributed by atoms with Crippen molar-refractivity contribution in [2.75, 3.05) is 7.11 Å². The van der Waals surface area contributed by atoms with E-state index in [1.165, 1.54) is 31.2 Å². The Labute approximate surface area is 301 Å². The van der Waals surface area contributed by atoms with E-state index in [9.17, 15) is 19.2 Å². The summed E-state index contributed by atoms with van der Waals surface area (Å²) in [5.41, 5.74) is 5.32. The van der Waals surface area contributed by atoms with Crippen molar-refractivity contribution in [1.82, 2.24) is 0 Å². The quantitative estimate of drug-likeness (QED) is 0.0713. The third-order valence-corrected chi connectivity index (χ3v) is 8.29. The van der Waals surface area contributed by atoms with Gasteiger partial charge in [0.2, 0.25) is 0 Å². The Balaban J connectivity index is 1.00. The highest BCUT2D eigenvalue weighted by molar-refractivity contribution is 5.97. The SMILES string of the molecule is COc1ccc(Cc2ccc(OC(=O)c3ccc(C(=O)Oc4ccc(Cc5ccccc5OC(=O)c5ccc(C(C)=O)cc5)cc4)cc3)cc2)cc1.